The molecule has 0 amide bonds. The van der Waals surface area contributed by atoms with Crippen molar-refractivity contribution in [2.45, 2.75) is 20.3 Å². The number of methoxy groups -OCH3 is 1. The van der Waals surface area contributed by atoms with Crippen LogP contribution in [0, 0.1) is 6.92 Å². The number of hydrogen-bond acceptors (Lipinski definition) is 4. The lowest BCUT2D eigenvalue weighted by molar-refractivity contribution is -0.132. The molecule has 2 rings (SSSR count). The van der Waals surface area contributed by atoms with E-state index in [1.165, 1.54) is 0 Å². The molecular weight excluding hydrogens is 270 g/mol. The first kappa shape index (κ1) is 14.8. The van der Waals surface area contributed by atoms with Crippen LogP contribution in [0.15, 0.2) is 30.4 Å². The summed E-state index contributed by atoms with van der Waals surface area (Å²) < 4.78 is 7.17. The summed E-state index contributed by atoms with van der Waals surface area (Å²) in [5.41, 5.74) is 2.49. The minimum Gasteiger partial charge on any atom is -0.494 e. The maximum absolute atomic E-state index is 11.0. The molecule has 0 aliphatic heterocycles. The summed E-state index contributed by atoms with van der Waals surface area (Å²) in [5, 5.41) is 9.06. The van der Waals surface area contributed by atoms with Gasteiger partial charge in [0.05, 0.1) is 31.0 Å². The number of hydrogen-bond donors (Lipinski definition) is 1. The third-order valence-electron chi connectivity index (χ3n) is 3.05. The van der Waals surface area contributed by atoms with Crippen molar-refractivity contribution in [1.29, 1.82) is 0 Å². The summed E-state index contributed by atoms with van der Waals surface area (Å²) in [6, 6.07) is 1.71. The van der Waals surface area contributed by atoms with Crippen molar-refractivity contribution in [1.82, 2.24) is 14.5 Å². The van der Waals surface area contributed by atoms with E-state index in [2.05, 4.69) is 9.97 Å². The Labute approximate surface area is 122 Å². The van der Waals surface area contributed by atoms with Gasteiger partial charge in [-0.25, -0.2) is 9.78 Å². The Hall–Kier alpha value is -2.63. The Morgan fingerprint density at radius 3 is 2.76 bits per heavy atom. The van der Waals surface area contributed by atoms with Crippen LogP contribution in [0.3, 0.4) is 0 Å². The summed E-state index contributed by atoms with van der Waals surface area (Å²) in [4.78, 5) is 19.5. The molecule has 1 N–H and O–H groups in total. The number of imidazole rings is 1. The minimum absolute atomic E-state index is 0.302. The van der Waals surface area contributed by atoms with Crippen LogP contribution in [-0.4, -0.2) is 32.7 Å². The third-order valence-corrected chi connectivity index (χ3v) is 3.05. The van der Waals surface area contributed by atoms with Crippen molar-refractivity contribution in [3.63, 3.8) is 0 Å². The Kier molecular flexibility index (Phi) is 4.37. The highest BCUT2D eigenvalue weighted by Crippen LogP contribution is 2.24. The lowest BCUT2D eigenvalue weighted by atomic mass is 10.1. The minimum atomic E-state index is -0.937. The first-order valence-electron chi connectivity index (χ1n) is 6.54. The van der Waals surface area contributed by atoms with Gasteiger partial charge in [-0.3, -0.25) is 4.98 Å². The van der Waals surface area contributed by atoms with Crippen LogP contribution in [0.2, 0.25) is 0 Å². The smallest absolute Gasteiger partial charge is 0.331 e. The van der Waals surface area contributed by atoms with E-state index in [0.29, 0.717) is 23.4 Å². The van der Waals surface area contributed by atoms with Crippen LogP contribution < -0.4 is 4.74 Å². The second kappa shape index (κ2) is 6.21. The number of aryl methyl sites for hydroxylation is 1. The van der Waals surface area contributed by atoms with E-state index >= 15 is 0 Å². The zero-order valence-electron chi connectivity index (χ0n) is 12.2. The number of carbonyl (C=O) groups is 1. The zero-order valence-corrected chi connectivity index (χ0v) is 12.2. The van der Waals surface area contributed by atoms with Crippen LogP contribution >= 0.6 is 0 Å². The average Bonchev–Trinajstić information content (AvgIpc) is 2.90. The number of carboxylic acid groups (broad SMARTS) is 1. The van der Waals surface area contributed by atoms with E-state index in [0.717, 1.165) is 11.4 Å². The molecule has 0 atom stereocenters. The highest BCUT2D eigenvalue weighted by Gasteiger charge is 2.10. The van der Waals surface area contributed by atoms with E-state index < -0.39 is 5.97 Å². The topological polar surface area (TPSA) is 77.2 Å². The van der Waals surface area contributed by atoms with Crippen molar-refractivity contribution >= 4 is 12.0 Å². The van der Waals surface area contributed by atoms with Crippen molar-refractivity contribution in [3.05, 3.63) is 41.7 Å². The second-order valence-corrected chi connectivity index (χ2v) is 4.53. The van der Waals surface area contributed by atoms with Gasteiger partial charge in [-0.05, 0) is 19.4 Å². The Morgan fingerprint density at radius 2 is 2.24 bits per heavy atom. The summed E-state index contributed by atoms with van der Waals surface area (Å²) in [5.74, 6) is -0.331. The van der Waals surface area contributed by atoms with Crippen molar-refractivity contribution in [2.75, 3.05) is 7.11 Å². The van der Waals surface area contributed by atoms with Crippen molar-refractivity contribution < 1.29 is 14.6 Å². The summed E-state index contributed by atoms with van der Waals surface area (Å²) in [6.07, 6.45) is 7.17. The number of ether oxygens (including phenoxy) is 1. The molecule has 0 aliphatic carbocycles. The van der Waals surface area contributed by atoms with E-state index in [9.17, 15) is 4.79 Å². The molecule has 2 aromatic rings. The standard InChI is InChI=1S/C15H17N3O3/c1-4-11(15(19)20)5-12-6-14(21-3)13(7-16-12)18-8-10(2)17-9-18/h5-9H,4H2,1-3H3,(H,19,20)/b11-5+. The van der Waals surface area contributed by atoms with Gasteiger partial charge in [0.15, 0.2) is 0 Å². The zero-order chi connectivity index (χ0) is 15.4. The van der Waals surface area contributed by atoms with Gasteiger partial charge in [-0.15, -0.1) is 0 Å². The van der Waals surface area contributed by atoms with Crippen molar-refractivity contribution in [3.8, 4) is 11.4 Å². The molecule has 2 heterocycles. The highest BCUT2D eigenvalue weighted by atomic mass is 16.5. The monoisotopic (exact) mass is 287 g/mol. The molecule has 0 unspecified atom stereocenters. The highest BCUT2D eigenvalue weighted by molar-refractivity contribution is 5.91. The van der Waals surface area contributed by atoms with Gasteiger partial charge < -0.3 is 14.4 Å². The average molecular weight is 287 g/mol. The fourth-order valence-electron chi connectivity index (χ4n) is 1.93. The molecule has 0 saturated carbocycles. The largest absolute Gasteiger partial charge is 0.494 e. The normalized spacial score (nSPS) is 11.5. The molecule has 6 heteroatoms. The molecule has 2 aromatic heterocycles. The maximum Gasteiger partial charge on any atom is 0.331 e. The van der Waals surface area contributed by atoms with Gasteiger partial charge in [0.2, 0.25) is 0 Å². The molecule has 0 bridgehead atoms. The molecule has 0 aromatic carbocycles. The Balaban J connectivity index is 2.43. The number of rotatable bonds is 5. The van der Waals surface area contributed by atoms with Gasteiger partial charge in [-0.2, -0.15) is 0 Å². The van der Waals surface area contributed by atoms with Gasteiger partial charge in [-0.1, -0.05) is 6.92 Å². The van der Waals surface area contributed by atoms with Gasteiger partial charge in [0, 0.05) is 17.8 Å². The first-order valence-corrected chi connectivity index (χ1v) is 6.54. The number of pyridine rings is 1. The third kappa shape index (κ3) is 3.28. The van der Waals surface area contributed by atoms with E-state index in [1.54, 1.807) is 38.7 Å². The van der Waals surface area contributed by atoms with Crippen LogP contribution in [0.5, 0.6) is 5.75 Å². The lowest BCUT2D eigenvalue weighted by Crippen LogP contribution is -2.01. The van der Waals surface area contributed by atoms with Crippen LogP contribution in [-0.2, 0) is 4.79 Å². The summed E-state index contributed by atoms with van der Waals surface area (Å²) >= 11 is 0. The Bertz CT molecular complexity index is 689. The molecule has 0 spiro atoms. The van der Waals surface area contributed by atoms with Gasteiger partial charge in [0.1, 0.15) is 11.4 Å². The predicted molar refractivity (Wildman–Crippen MR) is 78.6 cm³/mol. The number of nitrogens with zero attached hydrogens (tertiary/aromatic N) is 3. The second-order valence-electron chi connectivity index (χ2n) is 4.53. The fourth-order valence-corrected chi connectivity index (χ4v) is 1.93. The first-order chi connectivity index (χ1) is 10.0. The van der Waals surface area contributed by atoms with Crippen LogP contribution in [0.25, 0.3) is 11.8 Å². The lowest BCUT2D eigenvalue weighted by Gasteiger charge is -2.09. The molecule has 110 valence electrons. The molecular formula is C15H17N3O3. The molecule has 0 radical (unpaired) electrons. The molecule has 0 fully saturated rings. The molecule has 0 saturated heterocycles. The summed E-state index contributed by atoms with van der Waals surface area (Å²) in [7, 11) is 1.56. The van der Waals surface area contributed by atoms with E-state index in [4.69, 9.17) is 9.84 Å². The van der Waals surface area contributed by atoms with E-state index in [1.807, 2.05) is 17.7 Å². The number of carboxylic acids is 1. The molecule has 21 heavy (non-hydrogen) atoms. The van der Waals surface area contributed by atoms with E-state index in [-0.39, 0.29) is 0 Å². The van der Waals surface area contributed by atoms with Crippen molar-refractivity contribution in [2.24, 2.45) is 0 Å². The molecule has 0 aliphatic rings. The Morgan fingerprint density at radius 1 is 1.48 bits per heavy atom. The van der Waals surface area contributed by atoms with Gasteiger partial charge in [0.25, 0.3) is 0 Å². The molecule has 6 nitrogen and oxygen atoms in total. The summed E-state index contributed by atoms with van der Waals surface area (Å²) in [6.45, 7) is 3.69. The van der Waals surface area contributed by atoms with Crippen LogP contribution in [0.1, 0.15) is 24.7 Å². The van der Waals surface area contributed by atoms with Gasteiger partial charge >= 0.3 is 5.97 Å². The SMILES string of the molecule is CC/C(=C\c1cc(OC)c(-n2cnc(C)c2)cn1)C(=O)O. The number of aromatic nitrogens is 3. The number of aliphatic carboxylic acids is 1. The van der Waals surface area contributed by atoms with Crippen LogP contribution in [0.4, 0.5) is 0 Å². The quantitative estimate of drug-likeness (QED) is 0.855. The predicted octanol–water partition coefficient (Wildman–Crippen LogP) is 2.46. The fraction of sp³-hybridized carbons (Fsp3) is 0.267. The maximum atomic E-state index is 11.0.